The lowest BCUT2D eigenvalue weighted by Crippen LogP contribution is -2.41. The number of phenolic OH excluding ortho intramolecular Hbond substituents is 1. The van der Waals surface area contributed by atoms with Crippen molar-refractivity contribution in [2.24, 2.45) is 0 Å². The third kappa shape index (κ3) is 3.65. The molecule has 3 aromatic rings. The second-order valence-electron chi connectivity index (χ2n) is 7.46. The molecule has 160 valence electrons. The van der Waals surface area contributed by atoms with Crippen molar-refractivity contribution in [2.45, 2.75) is 45.6 Å². The lowest BCUT2D eigenvalue weighted by molar-refractivity contribution is -0.00642. The predicted octanol–water partition coefficient (Wildman–Crippen LogP) is 0.519. The van der Waals surface area contributed by atoms with Gasteiger partial charge in [-0.2, -0.15) is 5.10 Å². The molecule has 0 bridgehead atoms. The highest BCUT2D eigenvalue weighted by Gasteiger charge is 2.46. The van der Waals surface area contributed by atoms with Crippen molar-refractivity contribution >= 4 is 5.69 Å². The van der Waals surface area contributed by atoms with E-state index in [0.717, 1.165) is 16.8 Å². The van der Waals surface area contributed by atoms with Gasteiger partial charge in [-0.1, -0.05) is 17.3 Å². The predicted molar refractivity (Wildman–Crippen MR) is 106 cm³/mol. The second kappa shape index (κ2) is 8.07. The van der Waals surface area contributed by atoms with Crippen LogP contribution in [-0.4, -0.2) is 65.5 Å². The Kier molecular flexibility index (Phi) is 5.48. The van der Waals surface area contributed by atoms with Gasteiger partial charge in [0.05, 0.1) is 36.8 Å². The van der Waals surface area contributed by atoms with Crippen LogP contribution in [0.3, 0.4) is 0 Å². The van der Waals surface area contributed by atoms with Crippen LogP contribution in [0, 0.1) is 13.8 Å². The van der Waals surface area contributed by atoms with Gasteiger partial charge in [-0.25, -0.2) is 4.90 Å². The van der Waals surface area contributed by atoms with Crippen LogP contribution in [0.15, 0.2) is 41.2 Å². The zero-order valence-corrected chi connectivity index (χ0v) is 16.8. The molecular formula is C20H25N5O5. The molecule has 3 heterocycles. The molecule has 0 aliphatic carbocycles. The molecule has 0 spiro atoms. The Bertz CT molecular complexity index is 999. The van der Waals surface area contributed by atoms with Gasteiger partial charge in [0, 0.05) is 18.3 Å². The van der Waals surface area contributed by atoms with Crippen LogP contribution in [0.25, 0.3) is 0 Å². The number of hydrogen-bond donors (Lipinski definition) is 4. The Morgan fingerprint density at radius 2 is 1.97 bits per heavy atom. The molecule has 1 saturated heterocycles. The summed E-state index contributed by atoms with van der Waals surface area (Å²) in [7, 11) is 0. The largest absolute Gasteiger partial charge is 0.508 e. The molecular weight excluding hydrogens is 390 g/mol. The van der Waals surface area contributed by atoms with Gasteiger partial charge in [-0.15, -0.1) is 0 Å². The average molecular weight is 415 g/mol. The van der Waals surface area contributed by atoms with Crippen LogP contribution in [0.1, 0.15) is 22.6 Å². The number of anilines is 1. The monoisotopic (exact) mass is 415 g/mol. The standard InChI is InChI=1S/C20H25N5O5/c1-12-17(13(2)30-22-12)10-23-9-15(7-21-23)25-19(28)18(11-26)24(20(25)29)8-14-4-3-5-16(27)6-14/h3-7,9,18-20,26-29H,8,10-11H2,1-2H3. The lowest BCUT2D eigenvalue weighted by atomic mass is 10.2. The quantitative estimate of drug-likeness (QED) is 0.455. The Morgan fingerprint density at radius 3 is 2.63 bits per heavy atom. The van der Waals surface area contributed by atoms with Crippen molar-refractivity contribution in [1.29, 1.82) is 0 Å². The Hall–Kier alpha value is -2.92. The summed E-state index contributed by atoms with van der Waals surface area (Å²) in [6, 6.07) is 5.93. The molecule has 3 unspecified atom stereocenters. The van der Waals surface area contributed by atoms with Crippen molar-refractivity contribution in [3.63, 3.8) is 0 Å². The first-order valence-electron chi connectivity index (χ1n) is 9.62. The summed E-state index contributed by atoms with van der Waals surface area (Å²) in [5.41, 5.74) is 2.96. The first kappa shape index (κ1) is 20.4. The number of phenols is 1. The minimum absolute atomic E-state index is 0.111. The van der Waals surface area contributed by atoms with Crippen LogP contribution in [0.4, 0.5) is 5.69 Å². The summed E-state index contributed by atoms with van der Waals surface area (Å²) < 4.78 is 6.86. The number of aliphatic hydroxyl groups is 3. The first-order valence-corrected chi connectivity index (χ1v) is 9.62. The molecule has 1 aliphatic heterocycles. The van der Waals surface area contributed by atoms with Crippen molar-refractivity contribution in [2.75, 3.05) is 11.5 Å². The molecule has 1 fully saturated rings. The van der Waals surface area contributed by atoms with Crippen molar-refractivity contribution in [3.05, 3.63) is 59.2 Å². The third-order valence-electron chi connectivity index (χ3n) is 5.48. The maximum absolute atomic E-state index is 10.9. The Labute approximate surface area is 173 Å². The lowest BCUT2D eigenvalue weighted by Gasteiger charge is -2.27. The topological polar surface area (TPSA) is 131 Å². The summed E-state index contributed by atoms with van der Waals surface area (Å²) in [6.45, 7) is 4.02. The molecule has 1 aliphatic rings. The van der Waals surface area contributed by atoms with E-state index in [1.165, 1.54) is 4.90 Å². The number of rotatable bonds is 6. The second-order valence-corrected chi connectivity index (χ2v) is 7.46. The van der Waals surface area contributed by atoms with Gasteiger partial charge in [0.2, 0.25) is 0 Å². The maximum atomic E-state index is 10.9. The molecule has 4 N–H and O–H groups in total. The number of benzene rings is 1. The van der Waals surface area contributed by atoms with Gasteiger partial charge in [-0.05, 0) is 31.5 Å². The molecule has 30 heavy (non-hydrogen) atoms. The van der Waals surface area contributed by atoms with Crippen molar-refractivity contribution in [1.82, 2.24) is 19.8 Å². The Morgan fingerprint density at radius 1 is 1.17 bits per heavy atom. The van der Waals surface area contributed by atoms with E-state index in [4.69, 9.17) is 4.52 Å². The molecule has 10 nitrogen and oxygen atoms in total. The van der Waals surface area contributed by atoms with Crippen LogP contribution in [-0.2, 0) is 13.1 Å². The van der Waals surface area contributed by atoms with Gasteiger partial charge in [-0.3, -0.25) is 4.68 Å². The fourth-order valence-electron chi connectivity index (χ4n) is 3.84. The van der Waals surface area contributed by atoms with E-state index in [1.807, 2.05) is 13.8 Å². The fraction of sp³-hybridized carbons (Fsp3) is 0.400. The number of hydrogen-bond acceptors (Lipinski definition) is 9. The summed E-state index contributed by atoms with van der Waals surface area (Å²) in [6.07, 6.45) is 0.942. The summed E-state index contributed by atoms with van der Waals surface area (Å²) in [4.78, 5) is 2.98. The third-order valence-corrected chi connectivity index (χ3v) is 5.48. The van der Waals surface area contributed by atoms with E-state index in [0.29, 0.717) is 18.0 Å². The zero-order chi connectivity index (χ0) is 21.4. The highest BCUT2D eigenvalue weighted by atomic mass is 16.5. The molecule has 10 heteroatoms. The molecule has 0 saturated carbocycles. The molecule has 0 amide bonds. The maximum Gasteiger partial charge on any atom is 0.189 e. The summed E-state index contributed by atoms with van der Waals surface area (Å²) in [5, 5.41) is 49.5. The molecule has 4 rings (SSSR count). The first-order chi connectivity index (χ1) is 14.4. The van der Waals surface area contributed by atoms with E-state index in [-0.39, 0.29) is 18.9 Å². The fourth-order valence-corrected chi connectivity index (χ4v) is 3.84. The van der Waals surface area contributed by atoms with Gasteiger partial charge in [0.25, 0.3) is 0 Å². The van der Waals surface area contributed by atoms with E-state index in [1.54, 1.807) is 46.2 Å². The van der Waals surface area contributed by atoms with Crippen molar-refractivity contribution < 1.29 is 24.9 Å². The number of aromatic nitrogens is 3. The minimum Gasteiger partial charge on any atom is -0.508 e. The van der Waals surface area contributed by atoms with Gasteiger partial charge < -0.3 is 29.8 Å². The van der Waals surface area contributed by atoms with E-state index in [2.05, 4.69) is 10.3 Å². The zero-order valence-electron chi connectivity index (χ0n) is 16.8. The molecule has 2 aromatic heterocycles. The normalized spacial score (nSPS) is 22.2. The summed E-state index contributed by atoms with van der Waals surface area (Å²) >= 11 is 0. The van der Waals surface area contributed by atoms with Gasteiger partial charge >= 0.3 is 0 Å². The molecule has 0 radical (unpaired) electrons. The van der Waals surface area contributed by atoms with E-state index in [9.17, 15) is 20.4 Å². The SMILES string of the molecule is Cc1noc(C)c1Cn1cc(N2C(O)C(CO)N(Cc3cccc(O)c3)C2O)cn1. The van der Waals surface area contributed by atoms with Gasteiger partial charge in [0.15, 0.2) is 6.35 Å². The highest BCUT2D eigenvalue weighted by molar-refractivity contribution is 5.46. The van der Waals surface area contributed by atoms with Crippen molar-refractivity contribution in [3.8, 4) is 5.75 Å². The molecule has 1 aromatic carbocycles. The van der Waals surface area contributed by atoms with Crippen LogP contribution in [0.2, 0.25) is 0 Å². The van der Waals surface area contributed by atoms with Crippen LogP contribution in [0.5, 0.6) is 5.75 Å². The van der Waals surface area contributed by atoms with E-state index >= 15 is 0 Å². The van der Waals surface area contributed by atoms with Gasteiger partial charge in [0.1, 0.15) is 17.7 Å². The number of aromatic hydroxyl groups is 1. The minimum atomic E-state index is -1.18. The number of aryl methyl sites for hydroxylation is 2. The smallest absolute Gasteiger partial charge is 0.189 e. The summed E-state index contributed by atoms with van der Waals surface area (Å²) in [5.74, 6) is 0.822. The number of aliphatic hydroxyl groups excluding tert-OH is 3. The highest BCUT2D eigenvalue weighted by Crippen LogP contribution is 2.31. The van der Waals surface area contributed by atoms with Crippen LogP contribution >= 0.6 is 0 Å². The Balaban J connectivity index is 1.56. The average Bonchev–Trinajstić information content (AvgIpc) is 3.35. The number of nitrogens with zero attached hydrogens (tertiary/aromatic N) is 5. The van der Waals surface area contributed by atoms with Crippen LogP contribution < -0.4 is 4.90 Å². The van der Waals surface area contributed by atoms with E-state index < -0.39 is 18.6 Å². The molecule has 3 atom stereocenters.